The molecule has 0 saturated carbocycles. The first-order chi connectivity index (χ1) is 8.50. The quantitative estimate of drug-likeness (QED) is 0.878. The minimum absolute atomic E-state index is 0.229. The predicted octanol–water partition coefficient (Wildman–Crippen LogP) is 2.86. The SMILES string of the molecule is CC(Cl)c1nc2cccc(Cl)c2n1CCC(N)=O. The summed E-state index contributed by atoms with van der Waals surface area (Å²) in [5.74, 6) is 0.332. The molecular weight excluding hydrogens is 273 g/mol. The van der Waals surface area contributed by atoms with Crippen molar-refractivity contribution < 1.29 is 4.79 Å². The average Bonchev–Trinajstić information content (AvgIpc) is 2.66. The lowest BCUT2D eigenvalue weighted by atomic mass is 10.3. The van der Waals surface area contributed by atoms with Gasteiger partial charge in [-0.05, 0) is 19.1 Å². The topological polar surface area (TPSA) is 60.9 Å². The third-order valence-corrected chi connectivity index (χ3v) is 3.18. The number of rotatable bonds is 4. The van der Waals surface area contributed by atoms with Crippen LogP contribution >= 0.6 is 23.2 Å². The Morgan fingerprint density at radius 2 is 2.28 bits per heavy atom. The second kappa shape index (κ2) is 5.16. The molecule has 6 heteroatoms. The molecule has 1 aromatic carbocycles. The number of hydrogen-bond acceptors (Lipinski definition) is 2. The number of nitrogens with zero attached hydrogens (tertiary/aromatic N) is 2. The van der Waals surface area contributed by atoms with Crippen molar-refractivity contribution in [3.8, 4) is 0 Å². The molecular formula is C12H13Cl2N3O. The molecule has 0 aliphatic heterocycles. The number of carbonyl (C=O) groups excluding carboxylic acids is 1. The Kier molecular flexibility index (Phi) is 3.78. The number of imidazole rings is 1. The van der Waals surface area contributed by atoms with Crippen molar-refractivity contribution in [1.82, 2.24) is 9.55 Å². The summed E-state index contributed by atoms with van der Waals surface area (Å²) in [6.45, 7) is 2.26. The first-order valence-electron chi connectivity index (χ1n) is 5.57. The van der Waals surface area contributed by atoms with Gasteiger partial charge in [-0.3, -0.25) is 4.79 Å². The number of carbonyl (C=O) groups is 1. The van der Waals surface area contributed by atoms with E-state index >= 15 is 0 Å². The Balaban J connectivity index is 2.57. The third kappa shape index (κ3) is 2.44. The minimum Gasteiger partial charge on any atom is -0.370 e. The average molecular weight is 286 g/mol. The van der Waals surface area contributed by atoms with Crippen molar-refractivity contribution in [3.05, 3.63) is 29.0 Å². The van der Waals surface area contributed by atoms with Gasteiger partial charge >= 0.3 is 0 Å². The van der Waals surface area contributed by atoms with Gasteiger partial charge in [0.1, 0.15) is 5.82 Å². The van der Waals surface area contributed by atoms with Gasteiger partial charge < -0.3 is 10.3 Å². The maximum absolute atomic E-state index is 10.9. The van der Waals surface area contributed by atoms with Crippen LogP contribution in [0.25, 0.3) is 11.0 Å². The molecule has 1 unspecified atom stereocenters. The summed E-state index contributed by atoms with van der Waals surface area (Å²) in [5, 5.41) is 0.328. The van der Waals surface area contributed by atoms with Crippen LogP contribution in [0.1, 0.15) is 24.5 Å². The van der Waals surface area contributed by atoms with Crippen LogP contribution in [0.3, 0.4) is 0 Å². The fourth-order valence-corrected chi connectivity index (χ4v) is 2.35. The van der Waals surface area contributed by atoms with Crippen molar-refractivity contribution >= 4 is 40.1 Å². The first kappa shape index (κ1) is 13.2. The van der Waals surface area contributed by atoms with Gasteiger partial charge in [-0.2, -0.15) is 0 Å². The molecule has 0 spiro atoms. The zero-order valence-electron chi connectivity index (χ0n) is 9.86. The molecule has 0 aliphatic rings. The van der Waals surface area contributed by atoms with Crippen molar-refractivity contribution in [2.45, 2.75) is 25.3 Å². The summed E-state index contributed by atoms with van der Waals surface area (Å²) >= 11 is 12.3. The Labute approximate surface area is 115 Å². The summed E-state index contributed by atoms with van der Waals surface area (Å²) in [6.07, 6.45) is 0.229. The van der Waals surface area contributed by atoms with E-state index in [1.54, 1.807) is 6.07 Å². The Morgan fingerprint density at radius 3 is 2.89 bits per heavy atom. The van der Waals surface area contributed by atoms with Gasteiger partial charge in [-0.1, -0.05) is 17.7 Å². The number of fused-ring (bicyclic) bond motifs is 1. The highest BCUT2D eigenvalue weighted by molar-refractivity contribution is 6.35. The van der Waals surface area contributed by atoms with E-state index in [9.17, 15) is 4.79 Å². The van der Waals surface area contributed by atoms with Crippen LogP contribution in [-0.4, -0.2) is 15.5 Å². The van der Waals surface area contributed by atoms with E-state index in [4.69, 9.17) is 28.9 Å². The van der Waals surface area contributed by atoms with Gasteiger partial charge in [-0.15, -0.1) is 11.6 Å². The Bertz CT molecular complexity index is 592. The lowest BCUT2D eigenvalue weighted by Crippen LogP contribution is -2.15. The second-order valence-electron chi connectivity index (χ2n) is 4.06. The summed E-state index contributed by atoms with van der Waals surface area (Å²) in [4.78, 5) is 15.4. The highest BCUT2D eigenvalue weighted by Gasteiger charge is 2.17. The number of para-hydroxylation sites is 1. The Hall–Kier alpha value is -1.26. The molecule has 2 N–H and O–H groups in total. The normalized spacial score (nSPS) is 12.8. The highest BCUT2D eigenvalue weighted by atomic mass is 35.5. The van der Waals surface area contributed by atoms with Gasteiger partial charge in [-0.25, -0.2) is 4.98 Å². The van der Waals surface area contributed by atoms with E-state index in [0.717, 1.165) is 11.0 Å². The van der Waals surface area contributed by atoms with Crippen LogP contribution in [0.2, 0.25) is 5.02 Å². The Morgan fingerprint density at radius 1 is 1.56 bits per heavy atom. The largest absolute Gasteiger partial charge is 0.370 e. The summed E-state index contributed by atoms with van der Waals surface area (Å²) in [5.41, 5.74) is 6.75. The van der Waals surface area contributed by atoms with Crippen molar-refractivity contribution in [2.24, 2.45) is 5.73 Å². The maximum atomic E-state index is 10.9. The maximum Gasteiger partial charge on any atom is 0.219 e. The number of halogens is 2. The van der Waals surface area contributed by atoms with Crippen molar-refractivity contribution in [3.63, 3.8) is 0 Å². The molecule has 2 aromatic rings. The molecule has 1 amide bonds. The number of benzene rings is 1. The van der Waals surface area contributed by atoms with Gasteiger partial charge in [0.2, 0.25) is 5.91 Å². The molecule has 4 nitrogen and oxygen atoms in total. The van der Waals surface area contributed by atoms with E-state index in [1.165, 1.54) is 0 Å². The van der Waals surface area contributed by atoms with Gasteiger partial charge in [0.05, 0.1) is 21.4 Å². The molecule has 2 rings (SSSR count). The lowest BCUT2D eigenvalue weighted by molar-refractivity contribution is -0.118. The molecule has 0 fully saturated rings. The highest BCUT2D eigenvalue weighted by Crippen LogP contribution is 2.29. The number of hydrogen-bond donors (Lipinski definition) is 1. The van der Waals surface area contributed by atoms with Crippen molar-refractivity contribution in [1.29, 1.82) is 0 Å². The first-order valence-corrected chi connectivity index (χ1v) is 6.39. The van der Waals surface area contributed by atoms with E-state index in [2.05, 4.69) is 4.98 Å². The fraction of sp³-hybridized carbons (Fsp3) is 0.333. The van der Waals surface area contributed by atoms with E-state index in [-0.39, 0.29) is 17.7 Å². The molecule has 0 radical (unpaired) electrons. The van der Waals surface area contributed by atoms with E-state index < -0.39 is 0 Å². The van der Waals surface area contributed by atoms with E-state index in [1.807, 2.05) is 23.6 Å². The summed E-state index contributed by atoms with van der Waals surface area (Å²) in [6, 6.07) is 5.48. The van der Waals surface area contributed by atoms with Crippen molar-refractivity contribution in [2.75, 3.05) is 0 Å². The number of amides is 1. The number of nitrogens with two attached hydrogens (primary N) is 1. The minimum atomic E-state index is -0.364. The fourth-order valence-electron chi connectivity index (χ4n) is 1.91. The molecule has 0 bridgehead atoms. The molecule has 18 heavy (non-hydrogen) atoms. The number of aromatic nitrogens is 2. The van der Waals surface area contributed by atoms with Crippen LogP contribution < -0.4 is 5.73 Å². The van der Waals surface area contributed by atoms with Gasteiger partial charge in [0.15, 0.2) is 0 Å². The lowest BCUT2D eigenvalue weighted by Gasteiger charge is -2.09. The molecule has 0 saturated heterocycles. The molecule has 1 aromatic heterocycles. The second-order valence-corrected chi connectivity index (χ2v) is 5.12. The molecule has 0 aliphatic carbocycles. The predicted molar refractivity (Wildman–Crippen MR) is 72.8 cm³/mol. The van der Waals surface area contributed by atoms with Gasteiger partial charge in [0, 0.05) is 13.0 Å². The smallest absolute Gasteiger partial charge is 0.219 e. The van der Waals surface area contributed by atoms with Crippen LogP contribution in [0.4, 0.5) is 0 Å². The standard InChI is InChI=1S/C12H13Cl2N3O/c1-7(13)12-16-9-4-2-3-8(14)11(9)17(12)6-5-10(15)18/h2-4,7H,5-6H2,1H3,(H2,15,18). The van der Waals surface area contributed by atoms with Crippen LogP contribution in [0.5, 0.6) is 0 Å². The number of aryl methyl sites for hydroxylation is 1. The zero-order chi connectivity index (χ0) is 13.3. The van der Waals surface area contributed by atoms with Crippen LogP contribution in [0, 0.1) is 0 Å². The number of alkyl halides is 1. The van der Waals surface area contributed by atoms with E-state index in [0.29, 0.717) is 17.4 Å². The third-order valence-electron chi connectivity index (χ3n) is 2.68. The molecule has 1 atom stereocenters. The zero-order valence-corrected chi connectivity index (χ0v) is 11.4. The monoisotopic (exact) mass is 285 g/mol. The number of primary amides is 1. The summed E-state index contributed by atoms with van der Waals surface area (Å²) < 4.78 is 1.86. The van der Waals surface area contributed by atoms with Crippen LogP contribution in [-0.2, 0) is 11.3 Å². The molecule has 96 valence electrons. The summed E-state index contributed by atoms with van der Waals surface area (Å²) in [7, 11) is 0. The van der Waals surface area contributed by atoms with Crippen LogP contribution in [0.15, 0.2) is 18.2 Å². The van der Waals surface area contributed by atoms with Gasteiger partial charge in [0.25, 0.3) is 0 Å². The molecule has 1 heterocycles.